The lowest BCUT2D eigenvalue weighted by Crippen LogP contribution is -2.28. The molecule has 1 aromatic rings. The van der Waals surface area contributed by atoms with E-state index in [1.807, 2.05) is 6.92 Å². The molecule has 1 aliphatic rings. The van der Waals surface area contributed by atoms with Crippen LogP contribution in [0, 0.1) is 0 Å². The van der Waals surface area contributed by atoms with Crippen LogP contribution in [-0.4, -0.2) is 23.7 Å². The molecular weight excluding hydrogens is 194 g/mol. The number of carboxylic acids is 1. The van der Waals surface area contributed by atoms with E-state index in [1.165, 1.54) is 0 Å². The van der Waals surface area contributed by atoms with Gasteiger partial charge in [0.1, 0.15) is 12.4 Å². The Kier molecular flexibility index (Phi) is 2.60. The summed E-state index contributed by atoms with van der Waals surface area (Å²) in [6, 6.07) is 5.26. The van der Waals surface area contributed by atoms with Gasteiger partial charge in [0.15, 0.2) is 0 Å². The van der Waals surface area contributed by atoms with Crippen molar-refractivity contribution >= 4 is 5.97 Å². The number of hydrogen-bond donors (Lipinski definition) is 2. The molecule has 4 heteroatoms. The fraction of sp³-hybridized carbons (Fsp3) is 0.364. The first-order valence-electron chi connectivity index (χ1n) is 4.89. The Hall–Kier alpha value is -1.55. The summed E-state index contributed by atoms with van der Waals surface area (Å²) in [6.07, 6.45) is 0. The van der Waals surface area contributed by atoms with E-state index < -0.39 is 5.97 Å². The zero-order valence-electron chi connectivity index (χ0n) is 8.49. The van der Waals surface area contributed by atoms with Gasteiger partial charge in [-0.15, -0.1) is 0 Å². The number of rotatable bonds is 1. The predicted molar refractivity (Wildman–Crippen MR) is 55.2 cm³/mol. The molecule has 0 bridgehead atoms. The molecule has 0 amide bonds. The topological polar surface area (TPSA) is 58.6 Å². The van der Waals surface area contributed by atoms with Gasteiger partial charge in [-0.25, -0.2) is 4.79 Å². The van der Waals surface area contributed by atoms with Crippen LogP contribution in [0.3, 0.4) is 0 Å². The molecule has 1 aromatic carbocycles. The van der Waals surface area contributed by atoms with Gasteiger partial charge in [-0.1, -0.05) is 6.07 Å². The summed E-state index contributed by atoms with van der Waals surface area (Å²) < 4.78 is 5.53. The highest BCUT2D eigenvalue weighted by molar-refractivity contribution is 5.88. The van der Waals surface area contributed by atoms with Gasteiger partial charge >= 0.3 is 5.97 Å². The fourth-order valence-corrected chi connectivity index (χ4v) is 1.53. The van der Waals surface area contributed by atoms with Gasteiger partial charge in [0.2, 0.25) is 0 Å². The molecule has 0 fully saturated rings. The molecule has 15 heavy (non-hydrogen) atoms. The van der Waals surface area contributed by atoms with Gasteiger partial charge in [-0.2, -0.15) is 0 Å². The zero-order chi connectivity index (χ0) is 10.8. The number of carboxylic acid groups (broad SMARTS) is 1. The quantitative estimate of drug-likeness (QED) is 0.727. The second-order valence-corrected chi connectivity index (χ2v) is 3.72. The molecular formula is C11H13NO3. The molecule has 1 heterocycles. The lowest BCUT2D eigenvalue weighted by atomic mass is 10.1. The monoisotopic (exact) mass is 207 g/mol. The summed E-state index contributed by atoms with van der Waals surface area (Å²) >= 11 is 0. The van der Waals surface area contributed by atoms with E-state index >= 15 is 0 Å². The number of aromatic carboxylic acids is 1. The zero-order valence-corrected chi connectivity index (χ0v) is 8.49. The summed E-state index contributed by atoms with van der Waals surface area (Å²) in [7, 11) is 0. The number of benzene rings is 1. The fourth-order valence-electron chi connectivity index (χ4n) is 1.53. The van der Waals surface area contributed by atoms with Crippen LogP contribution in [0.2, 0.25) is 0 Å². The van der Waals surface area contributed by atoms with E-state index in [-0.39, 0.29) is 11.6 Å². The van der Waals surface area contributed by atoms with Crippen molar-refractivity contribution in [2.45, 2.75) is 19.5 Å². The minimum Gasteiger partial charge on any atom is -0.492 e. The average molecular weight is 207 g/mol. The minimum atomic E-state index is -0.924. The Balaban J connectivity index is 2.32. The van der Waals surface area contributed by atoms with Crippen LogP contribution in [0.25, 0.3) is 0 Å². The van der Waals surface area contributed by atoms with E-state index in [2.05, 4.69) is 5.32 Å². The SMILES string of the molecule is C[C@H]1COc2cc(C(=O)O)ccc2CN1. The van der Waals surface area contributed by atoms with Crippen LogP contribution in [0.5, 0.6) is 5.75 Å². The predicted octanol–water partition coefficient (Wildman–Crippen LogP) is 1.26. The van der Waals surface area contributed by atoms with E-state index in [0.29, 0.717) is 12.4 Å². The largest absolute Gasteiger partial charge is 0.492 e. The molecule has 4 nitrogen and oxygen atoms in total. The van der Waals surface area contributed by atoms with Gasteiger partial charge in [-0.05, 0) is 19.1 Å². The molecule has 0 aromatic heterocycles. The third kappa shape index (κ3) is 2.10. The third-order valence-electron chi connectivity index (χ3n) is 2.44. The lowest BCUT2D eigenvalue weighted by Gasteiger charge is -2.08. The molecule has 0 unspecified atom stereocenters. The molecule has 0 aliphatic carbocycles. The number of fused-ring (bicyclic) bond motifs is 1. The smallest absolute Gasteiger partial charge is 0.335 e. The van der Waals surface area contributed by atoms with Crippen molar-refractivity contribution in [3.63, 3.8) is 0 Å². The molecule has 2 rings (SSSR count). The molecule has 2 N–H and O–H groups in total. The number of nitrogens with one attached hydrogen (secondary N) is 1. The van der Waals surface area contributed by atoms with Crippen molar-refractivity contribution < 1.29 is 14.6 Å². The second-order valence-electron chi connectivity index (χ2n) is 3.72. The van der Waals surface area contributed by atoms with E-state index in [9.17, 15) is 4.79 Å². The van der Waals surface area contributed by atoms with Crippen molar-refractivity contribution in [2.75, 3.05) is 6.61 Å². The highest BCUT2D eigenvalue weighted by atomic mass is 16.5. The lowest BCUT2D eigenvalue weighted by molar-refractivity contribution is 0.0696. The van der Waals surface area contributed by atoms with Gasteiger partial charge in [0.05, 0.1) is 5.56 Å². The Bertz CT molecular complexity index is 389. The Labute approximate surface area is 87.9 Å². The summed E-state index contributed by atoms with van der Waals surface area (Å²) in [5.41, 5.74) is 1.27. The molecule has 0 saturated heterocycles. The molecule has 0 radical (unpaired) electrons. The van der Waals surface area contributed by atoms with Gasteiger partial charge in [-0.3, -0.25) is 0 Å². The second kappa shape index (κ2) is 3.90. The Morgan fingerprint density at radius 2 is 2.40 bits per heavy atom. The summed E-state index contributed by atoms with van der Waals surface area (Å²) in [6.45, 7) is 3.32. The number of hydrogen-bond acceptors (Lipinski definition) is 3. The molecule has 1 atom stereocenters. The van der Waals surface area contributed by atoms with Crippen LogP contribution < -0.4 is 10.1 Å². The normalized spacial score (nSPS) is 19.9. The van der Waals surface area contributed by atoms with Crippen molar-refractivity contribution in [3.8, 4) is 5.75 Å². The maximum atomic E-state index is 10.8. The summed E-state index contributed by atoms with van der Waals surface area (Å²) in [4.78, 5) is 10.8. The third-order valence-corrected chi connectivity index (χ3v) is 2.44. The van der Waals surface area contributed by atoms with Crippen LogP contribution in [0.1, 0.15) is 22.8 Å². The van der Waals surface area contributed by atoms with Crippen LogP contribution in [-0.2, 0) is 6.54 Å². The van der Waals surface area contributed by atoms with Crippen molar-refractivity contribution in [2.24, 2.45) is 0 Å². The molecule has 1 aliphatic heterocycles. The number of ether oxygens (including phenoxy) is 1. The Morgan fingerprint density at radius 1 is 1.60 bits per heavy atom. The van der Waals surface area contributed by atoms with Gasteiger partial charge in [0, 0.05) is 18.2 Å². The number of carbonyl (C=O) groups is 1. The molecule has 0 saturated carbocycles. The maximum Gasteiger partial charge on any atom is 0.335 e. The summed E-state index contributed by atoms with van der Waals surface area (Å²) in [5.74, 6) is -0.251. The Morgan fingerprint density at radius 3 is 3.13 bits per heavy atom. The maximum absolute atomic E-state index is 10.8. The highest BCUT2D eigenvalue weighted by Crippen LogP contribution is 2.22. The molecule has 0 spiro atoms. The summed E-state index contributed by atoms with van der Waals surface area (Å²) in [5, 5.41) is 12.1. The van der Waals surface area contributed by atoms with E-state index in [0.717, 1.165) is 12.1 Å². The van der Waals surface area contributed by atoms with Crippen molar-refractivity contribution in [1.29, 1.82) is 0 Å². The van der Waals surface area contributed by atoms with Crippen LogP contribution in [0.4, 0.5) is 0 Å². The van der Waals surface area contributed by atoms with E-state index in [4.69, 9.17) is 9.84 Å². The molecule has 80 valence electrons. The van der Waals surface area contributed by atoms with Gasteiger partial charge in [0.25, 0.3) is 0 Å². The first kappa shape index (κ1) is 9.98. The van der Waals surface area contributed by atoms with Crippen LogP contribution >= 0.6 is 0 Å². The average Bonchev–Trinajstić information content (AvgIpc) is 2.40. The standard InChI is InChI=1S/C11H13NO3/c1-7-6-15-10-4-8(11(13)14)2-3-9(10)5-12-7/h2-4,7,12H,5-6H2,1H3,(H,13,14)/t7-/m0/s1. The highest BCUT2D eigenvalue weighted by Gasteiger charge is 2.14. The minimum absolute atomic E-state index is 0.267. The van der Waals surface area contributed by atoms with Gasteiger partial charge < -0.3 is 15.2 Å². The first-order chi connectivity index (χ1) is 7.16. The van der Waals surface area contributed by atoms with Crippen LogP contribution in [0.15, 0.2) is 18.2 Å². The van der Waals surface area contributed by atoms with E-state index in [1.54, 1.807) is 18.2 Å². The van der Waals surface area contributed by atoms with Crippen molar-refractivity contribution in [3.05, 3.63) is 29.3 Å². The van der Waals surface area contributed by atoms with Crippen molar-refractivity contribution in [1.82, 2.24) is 5.32 Å². The first-order valence-corrected chi connectivity index (χ1v) is 4.89.